The molecule has 3 heterocycles. The van der Waals surface area contributed by atoms with Gasteiger partial charge in [-0.25, -0.2) is 4.98 Å². The van der Waals surface area contributed by atoms with E-state index in [9.17, 15) is 9.59 Å². The Labute approximate surface area is 210 Å². The lowest BCUT2D eigenvalue weighted by Gasteiger charge is -2.32. The van der Waals surface area contributed by atoms with Crippen molar-refractivity contribution in [2.75, 3.05) is 29.9 Å². The van der Waals surface area contributed by atoms with Gasteiger partial charge in [-0.3, -0.25) is 9.59 Å². The molecule has 0 atom stereocenters. The summed E-state index contributed by atoms with van der Waals surface area (Å²) in [5, 5.41) is 3.99. The van der Waals surface area contributed by atoms with E-state index in [1.165, 1.54) is 17.2 Å². The molecule has 1 N–H and O–H groups in total. The molecule has 9 nitrogen and oxygen atoms in total. The predicted octanol–water partition coefficient (Wildman–Crippen LogP) is 4.08. The van der Waals surface area contributed by atoms with Crippen LogP contribution in [0, 0.1) is 5.92 Å². The van der Waals surface area contributed by atoms with E-state index >= 15 is 0 Å². The Kier molecular flexibility index (Phi) is 7.34. The van der Waals surface area contributed by atoms with Crippen LogP contribution in [0.15, 0.2) is 47.4 Å². The second-order valence-corrected chi connectivity index (χ2v) is 9.49. The van der Waals surface area contributed by atoms with Crippen molar-refractivity contribution in [3.8, 4) is 0 Å². The number of carbonyl (C=O) groups excluding carboxylic acids is 1. The zero-order valence-electron chi connectivity index (χ0n) is 20.7. The third-order valence-electron chi connectivity index (χ3n) is 7.00. The number of ether oxygens (including phenoxy) is 1. The Hall–Kier alpha value is -3.62. The van der Waals surface area contributed by atoms with Crippen molar-refractivity contribution in [3.63, 3.8) is 0 Å². The number of pyridine rings is 1. The van der Waals surface area contributed by atoms with Gasteiger partial charge in [0.1, 0.15) is 6.10 Å². The minimum atomic E-state index is -0.228. The molecule has 0 unspecified atom stereocenters. The van der Waals surface area contributed by atoms with Crippen LogP contribution in [0.3, 0.4) is 0 Å². The molecule has 1 aliphatic heterocycles. The van der Waals surface area contributed by atoms with E-state index in [0.29, 0.717) is 18.2 Å². The Bertz CT molecular complexity index is 1250. The summed E-state index contributed by atoms with van der Waals surface area (Å²) < 4.78 is 6.49. The first-order chi connectivity index (χ1) is 17.6. The van der Waals surface area contributed by atoms with Gasteiger partial charge in [0.25, 0.3) is 5.56 Å². The third kappa shape index (κ3) is 5.45. The first-order valence-electron chi connectivity index (χ1n) is 13.0. The van der Waals surface area contributed by atoms with Crippen LogP contribution in [0.4, 0.5) is 17.3 Å². The fourth-order valence-corrected chi connectivity index (χ4v) is 5.00. The van der Waals surface area contributed by atoms with E-state index < -0.39 is 0 Å². The minimum Gasteiger partial charge on any atom is -0.466 e. The first kappa shape index (κ1) is 24.1. The van der Waals surface area contributed by atoms with Crippen LogP contribution >= 0.6 is 0 Å². The van der Waals surface area contributed by atoms with Crippen molar-refractivity contribution < 1.29 is 14.4 Å². The number of piperidine rings is 1. The molecule has 0 spiro atoms. The highest BCUT2D eigenvalue weighted by atomic mass is 16.7. The fraction of sp³-hybridized carbons (Fsp3) is 0.481. The van der Waals surface area contributed by atoms with Crippen LogP contribution in [0.2, 0.25) is 0 Å². The molecule has 5 rings (SSSR count). The molecule has 1 aliphatic carbocycles. The fourth-order valence-electron chi connectivity index (χ4n) is 5.00. The number of esters is 1. The number of rotatable bonds is 7. The standard InChI is InChI=1S/C27H33N5O4/c1-2-35-26(34)19-14-16-31(17-15-19)22-11-9-21(10-12-22)29-27-28-18-20-8-13-24(33)32(25(20)30-27)36-23-6-4-3-5-7-23/h8-13,18-19,23H,2-7,14-17H2,1H3,(H,28,29,30). The summed E-state index contributed by atoms with van der Waals surface area (Å²) in [6.07, 6.45) is 8.68. The van der Waals surface area contributed by atoms with Crippen LogP contribution < -0.4 is 20.6 Å². The number of carbonyl (C=O) groups is 1. The molecule has 1 aromatic carbocycles. The number of nitrogens with zero attached hydrogens (tertiary/aromatic N) is 4. The summed E-state index contributed by atoms with van der Waals surface area (Å²) in [5.74, 6) is 0.311. The molecule has 190 valence electrons. The highest BCUT2D eigenvalue weighted by Crippen LogP contribution is 2.26. The molecule has 9 heteroatoms. The summed E-state index contributed by atoms with van der Waals surface area (Å²) in [7, 11) is 0. The number of anilines is 3. The van der Waals surface area contributed by atoms with Gasteiger partial charge in [0.2, 0.25) is 5.95 Å². The highest BCUT2D eigenvalue weighted by Gasteiger charge is 2.26. The summed E-state index contributed by atoms with van der Waals surface area (Å²) in [6, 6.07) is 11.3. The number of hydrogen-bond acceptors (Lipinski definition) is 8. The average molecular weight is 492 g/mol. The number of benzene rings is 1. The molecule has 0 amide bonds. The van der Waals surface area contributed by atoms with E-state index in [4.69, 9.17) is 9.57 Å². The van der Waals surface area contributed by atoms with E-state index in [1.54, 1.807) is 12.3 Å². The van der Waals surface area contributed by atoms with E-state index in [2.05, 4.69) is 32.3 Å². The van der Waals surface area contributed by atoms with Crippen LogP contribution in [0.5, 0.6) is 0 Å². The summed E-state index contributed by atoms with van der Waals surface area (Å²) >= 11 is 0. The molecule has 0 bridgehead atoms. The molecule has 2 aromatic heterocycles. The maximum Gasteiger partial charge on any atom is 0.309 e. The van der Waals surface area contributed by atoms with Crippen LogP contribution in [0.25, 0.3) is 11.0 Å². The van der Waals surface area contributed by atoms with Gasteiger partial charge in [-0.1, -0.05) is 6.42 Å². The van der Waals surface area contributed by atoms with Crippen molar-refractivity contribution >= 4 is 34.3 Å². The maximum atomic E-state index is 12.6. The minimum absolute atomic E-state index is 0.00770. The number of aromatic nitrogens is 3. The summed E-state index contributed by atoms with van der Waals surface area (Å²) in [4.78, 5) is 42.0. The van der Waals surface area contributed by atoms with Gasteiger partial charge in [0.05, 0.1) is 12.5 Å². The van der Waals surface area contributed by atoms with Gasteiger partial charge in [0, 0.05) is 42.1 Å². The SMILES string of the molecule is CCOC(=O)C1CCN(c2ccc(Nc3ncc4ccc(=O)n(OC5CCCCC5)c4n3)cc2)CC1. The zero-order chi connectivity index (χ0) is 24.9. The van der Waals surface area contributed by atoms with Crippen molar-refractivity contribution in [1.82, 2.24) is 14.7 Å². The summed E-state index contributed by atoms with van der Waals surface area (Å²) in [6.45, 7) is 3.92. The van der Waals surface area contributed by atoms with Gasteiger partial charge in [-0.15, -0.1) is 4.73 Å². The molecule has 1 saturated heterocycles. The topological polar surface area (TPSA) is 98.6 Å². The van der Waals surface area contributed by atoms with Gasteiger partial charge in [-0.2, -0.15) is 4.98 Å². The Morgan fingerprint density at radius 1 is 1.03 bits per heavy atom. The van der Waals surface area contributed by atoms with Crippen molar-refractivity contribution in [2.45, 2.75) is 58.0 Å². The monoisotopic (exact) mass is 491 g/mol. The second-order valence-electron chi connectivity index (χ2n) is 9.49. The molecule has 1 saturated carbocycles. The lowest BCUT2D eigenvalue weighted by Crippen LogP contribution is -2.36. The third-order valence-corrected chi connectivity index (χ3v) is 7.00. The zero-order valence-corrected chi connectivity index (χ0v) is 20.7. The average Bonchev–Trinajstić information content (AvgIpc) is 2.92. The van der Waals surface area contributed by atoms with Crippen LogP contribution in [-0.2, 0) is 9.53 Å². The van der Waals surface area contributed by atoms with Gasteiger partial charge >= 0.3 is 5.97 Å². The molecule has 0 radical (unpaired) electrons. The van der Waals surface area contributed by atoms with Gasteiger partial charge < -0.3 is 19.8 Å². The molecule has 36 heavy (non-hydrogen) atoms. The Balaban J connectivity index is 1.27. The summed E-state index contributed by atoms with van der Waals surface area (Å²) in [5.41, 5.74) is 2.19. The number of hydrogen-bond donors (Lipinski definition) is 1. The molecule has 2 fully saturated rings. The van der Waals surface area contributed by atoms with Crippen LogP contribution in [-0.4, -0.2) is 46.5 Å². The largest absolute Gasteiger partial charge is 0.466 e. The van der Waals surface area contributed by atoms with Crippen molar-refractivity contribution in [2.24, 2.45) is 5.92 Å². The number of nitrogens with one attached hydrogen (secondary N) is 1. The smallest absolute Gasteiger partial charge is 0.309 e. The first-order valence-corrected chi connectivity index (χ1v) is 13.0. The van der Waals surface area contributed by atoms with Gasteiger partial charge in [0.15, 0.2) is 5.65 Å². The molecule has 2 aliphatic rings. The number of fused-ring (bicyclic) bond motifs is 1. The van der Waals surface area contributed by atoms with Crippen molar-refractivity contribution in [1.29, 1.82) is 0 Å². The van der Waals surface area contributed by atoms with E-state index in [0.717, 1.165) is 68.4 Å². The van der Waals surface area contributed by atoms with E-state index in [1.807, 2.05) is 19.1 Å². The Morgan fingerprint density at radius 3 is 2.50 bits per heavy atom. The lowest BCUT2D eigenvalue weighted by atomic mass is 9.96. The van der Waals surface area contributed by atoms with Crippen molar-refractivity contribution in [3.05, 3.63) is 52.9 Å². The Morgan fingerprint density at radius 2 is 1.78 bits per heavy atom. The lowest BCUT2D eigenvalue weighted by molar-refractivity contribution is -0.148. The quantitative estimate of drug-likeness (QED) is 0.494. The normalized spacial score (nSPS) is 17.2. The molecular formula is C27H33N5O4. The highest BCUT2D eigenvalue weighted by molar-refractivity contribution is 5.75. The predicted molar refractivity (Wildman–Crippen MR) is 139 cm³/mol. The maximum absolute atomic E-state index is 12.6. The second kappa shape index (κ2) is 11.0. The van der Waals surface area contributed by atoms with E-state index in [-0.39, 0.29) is 23.6 Å². The molecular weight excluding hydrogens is 458 g/mol. The van der Waals surface area contributed by atoms with Gasteiger partial charge in [-0.05, 0) is 75.8 Å². The molecule has 3 aromatic rings. The van der Waals surface area contributed by atoms with Crippen LogP contribution in [0.1, 0.15) is 51.9 Å².